The van der Waals surface area contributed by atoms with Crippen LogP contribution >= 0.6 is 232 Å². The van der Waals surface area contributed by atoms with Crippen LogP contribution in [0.1, 0.15) is 57.7 Å². The molecule has 8 heterocycles. The molecule has 0 amide bonds. The fraction of sp³-hybridized carbons (Fsp3) is 0.338. The normalized spacial score (nSPS) is 12.9. The zero-order valence-corrected chi connectivity index (χ0v) is 81.5. The van der Waals surface area contributed by atoms with Crippen molar-refractivity contribution in [3.63, 3.8) is 0 Å². The van der Waals surface area contributed by atoms with Crippen LogP contribution in [0, 0.1) is 6.92 Å². The minimum Gasteiger partial charge on any atom is -0.343 e. The summed E-state index contributed by atoms with van der Waals surface area (Å²) in [5.41, 5.74) is 19.2. The number of thiophene rings is 5. The molecule has 2 unspecified atom stereocenters. The summed E-state index contributed by atoms with van der Waals surface area (Å²) in [7, 11) is 13.9. The monoisotopic (exact) mass is 2020 g/mol. The number of fused-ring (bicyclic) bond motifs is 9. The molecule has 0 spiro atoms. The Morgan fingerprint density at radius 1 is 0.557 bits per heavy atom. The fourth-order valence-corrected chi connectivity index (χ4v) is 18.1. The van der Waals surface area contributed by atoms with Crippen molar-refractivity contribution in [3.8, 4) is 0 Å². The van der Waals surface area contributed by atoms with E-state index in [2.05, 4.69) is 124 Å². The van der Waals surface area contributed by atoms with Crippen molar-refractivity contribution in [1.29, 1.82) is 0 Å². The molecule has 14 nitrogen and oxygen atoms in total. The average Bonchev–Trinajstić information content (AvgIpc) is 1.57. The topological polar surface area (TPSA) is 197 Å². The minimum atomic E-state index is -0.236. The van der Waals surface area contributed by atoms with Crippen LogP contribution in [0.25, 0.3) is 50.4 Å². The van der Waals surface area contributed by atoms with Crippen molar-refractivity contribution in [2.24, 2.45) is 21.5 Å². The van der Waals surface area contributed by atoms with Crippen LogP contribution in [-0.4, -0.2) is 138 Å². The quantitative estimate of drug-likeness (QED) is 0.0102. The number of methoxy groups -OCH3 is 6. The summed E-state index contributed by atoms with van der Waals surface area (Å²) in [5, 5.41) is 23.0. The number of halogens is 11. The van der Waals surface area contributed by atoms with E-state index < -0.39 is 0 Å². The Labute approximate surface area is 790 Å². The number of thioether (sulfide) groups is 1. The second-order valence-electron chi connectivity index (χ2n) is 23.0. The number of nitrogens with two attached hydrogens (primary N) is 3. The van der Waals surface area contributed by atoms with Gasteiger partial charge in [0.2, 0.25) is 0 Å². The van der Waals surface area contributed by atoms with Gasteiger partial charge < -0.3 is 71.9 Å². The van der Waals surface area contributed by atoms with E-state index in [1.54, 1.807) is 88.4 Å². The van der Waals surface area contributed by atoms with Gasteiger partial charge in [0.1, 0.15) is 0 Å². The van der Waals surface area contributed by atoms with Gasteiger partial charge in [0.05, 0.1) is 47.8 Å². The van der Waals surface area contributed by atoms with E-state index in [4.69, 9.17) is 141 Å². The van der Waals surface area contributed by atoms with Gasteiger partial charge in [-0.05, 0) is 195 Å². The standard InChI is InChI=1S/2C12H12ClNOS.C10H13ClO2S.C10H9ClOS.C8H4BrClS.C8H5ClS.C6H5ClS.C4H9BrO2.C4H11NO2.C4H9.C2H4O.BHNS.2ClH.Li/c2*13-7-1-2-10-8(5-7)12-9(6-14)15-4-3-11(12)16-10;1-12-10(13-2)7-14-9-5-3-8(11)4-6-9;11-8-1-2-10-7(5-8)6-9(13-10)3-4-12;9-8-4-5-3-6(10)1-2-7(5)11-8;9-7-1-2-8-6(5-7)3-4-10-8;7-5-1-3-6(8)4-2-5;2*1-6-4(3-5)7-2;1-3-4-2;1-2-3-1;1-2-3;;;/h2*1-2,5,9H,3-4,6,14H2;3-6,10H,7H2,1-2H3;1-2,5-6,12H,3-4H2;1-4H;1-5H;1-4,8H;4H,3H2,1-2H3;4H,3,5H2,1-2H3;1,3-4H2,2H3;1-2H2;3H;2*1H;/q;;;;;;;;;-1;;;;;+1. The molecule has 7 N–H and O–H groups in total. The van der Waals surface area contributed by atoms with Gasteiger partial charge in [-0.25, -0.2) is 0 Å². The molecule has 2 atom stereocenters. The van der Waals surface area contributed by atoms with Crippen molar-refractivity contribution in [1.82, 2.24) is 0 Å². The summed E-state index contributed by atoms with van der Waals surface area (Å²) < 4.78 is 55.2. The Morgan fingerprint density at radius 3 is 1.32 bits per heavy atom. The van der Waals surface area contributed by atoms with Crippen LogP contribution in [-0.2, 0) is 61.9 Å². The third-order valence-corrected chi connectivity index (χ3v) is 24.9. The van der Waals surface area contributed by atoms with Crippen LogP contribution in [0.2, 0.25) is 35.2 Å². The number of ether oxygens (including phenoxy) is 9. The van der Waals surface area contributed by atoms with Gasteiger partial charge in [-0.3, -0.25) is 0 Å². The number of hydrogen-bond donors (Lipinski definition) is 6. The van der Waals surface area contributed by atoms with Crippen molar-refractivity contribution in [2.45, 2.75) is 79.9 Å². The number of aliphatic hydroxyl groups excluding tert-OH is 1. The number of rotatable bonds is 16. The van der Waals surface area contributed by atoms with Crippen LogP contribution in [0.15, 0.2) is 181 Å². The summed E-state index contributed by atoms with van der Waals surface area (Å²) in [5.74, 6) is 0.772. The van der Waals surface area contributed by atoms with E-state index >= 15 is 0 Å². The number of nitrogens with zero attached hydrogens (tertiary/aromatic N) is 1. The molecule has 115 heavy (non-hydrogen) atoms. The maximum absolute atomic E-state index is 8.78. The van der Waals surface area contributed by atoms with E-state index in [0.717, 1.165) is 112 Å². The SMILES string of the molecule is C1CO1.COC(CBr)OC.COC(CN)OC.COC(CSc1ccc(Cl)cc1)OC.Cl.Cl.Clc1ccc2sc(Br)cc2c1.Clc1ccc2sccc2c1.NCC1OCCc2sc3ccc(Cl)cc3c21.NCC1OCCc2sc3ccc(Cl)cc3c21.OCCc1cc2cc(Cl)ccc2s1.Sc1ccc(Cl)cc1.[B]=NS.[CH2-]CCC.[Li+]. The van der Waals surface area contributed by atoms with E-state index in [-0.39, 0.29) is 81.4 Å². The molecule has 12 aromatic rings. The molecular weight excluding hydrogens is 1930 g/mol. The molecule has 3 aliphatic heterocycles. The van der Waals surface area contributed by atoms with E-state index in [1.165, 1.54) is 82.6 Å². The van der Waals surface area contributed by atoms with Crippen LogP contribution in [0.3, 0.4) is 0 Å². The van der Waals surface area contributed by atoms with E-state index in [1.807, 2.05) is 150 Å². The first-order valence-electron chi connectivity index (χ1n) is 34.6. The van der Waals surface area contributed by atoms with Crippen molar-refractivity contribution < 1.29 is 66.6 Å². The van der Waals surface area contributed by atoms with Gasteiger partial charge in [-0.1, -0.05) is 110 Å². The zero-order chi connectivity index (χ0) is 82.3. The van der Waals surface area contributed by atoms with Crippen LogP contribution < -0.4 is 36.1 Å². The number of thiol groups is 2. The second-order valence-corrected chi connectivity index (χ2v) is 35.4. The summed E-state index contributed by atoms with van der Waals surface area (Å²) in [6, 6.07) is 51.0. The molecule has 3 aliphatic rings. The zero-order valence-electron chi connectivity index (χ0n) is 64.7. The molecule has 1 radical (unpaired) electrons. The van der Waals surface area contributed by atoms with Gasteiger partial charge in [0.25, 0.3) is 0 Å². The smallest absolute Gasteiger partial charge is 0.343 e. The number of aliphatic hydroxyl groups is 1. The molecule has 15 rings (SSSR count). The molecule has 5 aromatic heterocycles. The van der Waals surface area contributed by atoms with Gasteiger partial charge in [-0.2, -0.15) is 6.42 Å². The third kappa shape index (κ3) is 42.9. The predicted molar refractivity (Wildman–Crippen MR) is 515 cm³/mol. The number of epoxide rings is 1. The summed E-state index contributed by atoms with van der Waals surface area (Å²) in [4.78, 5) is 6.11. The third-order valence-electron chi connectivity index (χ3n) is 15.1. The van der Waals surface area contributed by atoms with Crippen molar-refractivity contribution >= 4 is 290 Å². The molecule has 1 fully saturated rings. The molecule has 35 heteroatoms. The van der Waals surface area contributed by atoms with Gasteiger partial charge in [0, 0.05) is 199 Å². The molecule has 0 bridgehead atoms. The second kappa shape index (κ2) is 65.5. The maximum Gasteiger partial charge on any atom is 1.00 e. The van der Waals surface area contributed by atoms with Gasteiger partial charge in [0.15, 0.2) is 18.9 Å². The number of hydrogen-bond acceptors (Lipinski definition) is 22. The Balaban J connectivity index is 0.000000642. The first-order valence-corrected chi connectivity index (χ1v) is 45.1. The Bertz CT molecular complexity index is 4430. The van der Waals surface area contributed by atoms with E-state index in [9.17, 15) is 0 Å². The Kier molecular flexibility index (Phi) is 63.8. The molecule has 0 saturated carbocycles. The first kappa shape index (κ1) is 112. The molecule has 625 valence electrons. The van der Waals surface area contributed by atoms with Crippen LogP contribution in [0.4, 0.5) is 0 Å². The maximum atomic E-state index is 8.78. The van der Waals surface area contributed by atoms with Gasteiger partial charge >= 0.3 is 43.6 Å². The summed E-state index contributed by atoms with van der Waals surface area (Å²) >= 11 is 65.3. The summed E-state index contributed by atoms with van der Waals surface area (Å²) in [6.45, 7) is 11.0. The molecule has 0 aliphatic carbocycles. The molecular formula is C80H96BBr2Cl9LiN4O10S8. The van der Waals surface area contributed by atoms with Gasteiger partial charge in [-0.15, -0.1) is 106 Å². The first-order chi connectivity index (χ1) is 54.1. The van der Waals surface area contributed by atoms with Crippen molar-refractivity contribution in [2.75, 3.05) is 106 Å². The predicted octanol–water partition coefficient (Wildman–Crippen LogP) is 23.1. The fourth-order valence-electron chi connectivity index (χ4n) is 9.58. The van der Waals surface area contributed by atoms with E-state index in [0.29, 0.717) is 19.6 Å². The number of benzene rings is 7. The average molecular weight is 2030 g/mol. The van der Waals surface area contributed by atoms with Crippen molar-refractivity contribution in [3.05, 3.63) is 235 Å². The largest absolute Gasteiger partial charge is 1.00 e. The molecule has 7 aromatic carbocycles. The van der Waals surface area contributed by atoms with Crippen LogP contribution in [0.5, 0.6) is 0 Å². The summed E-state index contributed by atoms with van der Waals surface area (Å²) in [6.07, 6.45) is 4.57. The number of unbranched alkanes of at least 4 members (excludes halogenated alkanes) is 1. The minimum absolute atomic E-state index is 0. The molecule has 1 saturated heterocycles. The Morgan fingerprint density at radius 2 is 0.948 bits per heavy atom. The number of alkyl halides is 1. The Hall–Kier alpha value is -1.10.